The lowest BCUT2D eigenvalue weighted by molar-refractivity contribution is 0.441. The predicted octanol–water partition coefficient (Wildman–Crippen LogP) is 5.11. The van der Waals surface area contributed by atoms with Crippen molar-refractivity contribution < 1.29 is 10.2 Å². The molecule has 3 rings (SSSR count). The van der Waals surface area contributed by atoms with Crippen molar-refractivity contribution in [2.75, 3.05) is 0 Å². The van der Waals surface area contributed by atoms with Crippen molar-refractivity contribution in [1.82, 2.24) is 4.98 Å². The van der Waals surface area contributed by atoms with Crippen LogP contribution in [-0.2, 0) is 12.8 Å². The van der Waals surface area contributed by atoms with Crippen LogP contribution in [-0.4, -0.2) is 15.2 Å². The summed E-state index contributed by atoms with van der Waals surface area (Å²) < 4.78 is 0. The van der Waals surface area contributed by atoms with E-state index in [1.807, 2.05) is 52.0 Å². The summed E-state index contributed by atoms with van der Waals surface area (Å²) in [5, 5.41) is 22.5. The van der Waals surface area contributed by atoms with Gasteiger partial charge in [0.1, 0.15) is 11.5 Å². The van der Waals surface area contributed by atoms with Gasteiger partial charge in [-0.05, 0) is 52.7 Å². The SMILES string of the molecule is CC(C)=CCc1c(O)c(CC=C(C)C)c2[nH]c3ccccc3c(=O)c2c1O. The first kappa shape index (κ1) is 18.8. The molecule has 1 heterocycles. The van der Waals surface area contributed by atoms with Crippen LogP contribution in [0.4, 0.5) is 0 Å². The van der Waals surface area contributed by atoms with Crippen molar-refractivity contribution >= 4 is 21.8 Å². The lowest BCUT2D eigenvalue weighted by Gasteiger charge is -2.15. The molecule has 4 nitrogen and oxygen atoms in total. The summed E-state index contributed by atoms with van der Waals surface area (Å²) in [7, 11) is 0. The number of aromatic amines is 1. The molecule has 0 aliphatic carbocycles. The Kier molecular flexibility index (Phi) is 5.08. The molecule has 0 amide bonds. The summed E-state index contributed by atoms with van der Waals surface area (Å²) >= 11 is 0. The fourth-order valence-corrected chi connectivity index (χ4v) is 3.26. The molecule has 0 radical (unpaired) electrons. The van der Waals surface area contributed by atoms with Gasteiger partial charge in [0, 0.05) is 22.0 Å². The number of allylic oxidation sites excluding steroid dienone is 4. The standard InChI is InChI=1S/C23H25NO3/c1-13(2)9-11-16-20-19(22(26)15-7-5-6-8-18(15)24-20)23(27)17(21(16)25)12-10-14(3)4/h5-10,25,27H,11-12H2,1-4H3,(H,24,26). The zero-order valence-corrected chi connectivity index (χ0v) is 16.2. The van der Waals surface area contributed by atoms with Crippen molar-refractivity contribution in [2.45, 2.75) is 40.5 Å². The van der Waals surface area contributed by atoms with Crippen LogP contribution < -0.4 is 5.43 Å². The number of benzene rings is 2. The number of phenols is 2. The minimum atomic E-state index is -0.228. The molecule has 140 valence electrons. The Labute approximate surface area is 158 Å². The fourth-order valence-electron chi connectivity index (χ4n) is 3.26. The molecule has 0 saturated heterocycles. The highest BCUT2D eigenvalue weighted by Crippen LogP contribution is 2.39. The Morgan fingerprint density at radius 2 is 1.52 bits per heavy atom. The van der Waals surface area contributed by atoms with Crippen molar-refractivity contribution in [2.24, 2.45) is 0 Å². The number of rotatable bonds is 4. The number of nitrogens with one attached hydrogen (secondary N) is 1. The smallest absolute Gasteiger partial charge is 0.200 e. The van der Waals surface area contributed by atoms with Gasteiger partial charge < -0.3 is 15.2 Å². The van der Waals surface area contributed by atoms with Crippen LogP contribution in [0.25, 0.3) is 21.8 Å². The number of hydrogen-bond acceptors (Lipinski definition) is 3. The quantitative estimate of drug-likeness (QED) is 0.445. The second kappa shape index (κ2) is 7.31. The van der Waals surface area contributed by atoms with E-state index in [2.05, 4.69) is 4.98 Å². The molecular formula is C23H25NO3. The summed E-state index contributed by atoms with van der Waals surface area (Å²) in [6.07, 6.45) is 4.77. The number of pyridine rings is 1. The summed E-state index contributed by atoms with van der Waals surface area (Å²) in [6, 6.07) is 7.22. The molecule has 0 unspecified atom stereocenters. The molecule has 1 aromatic heterocycles. The number of aromatic hydroxyl groups is 2. The molecule has 3 aromatic rings. The van der Waals surface area contributed by atoms with Gasteiger partial charge in [-0.1, -0.05) is 35.4 Å². The highest BCUT2D eigenvalue weighted by molar-refractivity contribution is 5.99. The molecule has 27 heavy (non-hydrogen) atoms. The third-order valence-corrected chi connectivity index (χ3v) is 4.73. The van der Waals surface area contributed by atoms with Crippen LogP contribution in [0.15, 0.2) is 52.4 Å². The zero-order valence-electron chi connectivity index (χ0n) is 16.2. The Bertz CT molecular complexity index is 1140. The summed E-state index contributed by atoms with van der Waals surface area (Å²) in [4.78, 5) is 16.4. The number of para-hydroxylation sites is 1. The van der Waals surface area contributed by atoms with Crippen molar-refractivity contribution in [1.29, 1.82) is 0 Å². The fraction of sp³-hybridized carbons (Fsp3) is 0.261. The molecule has 0 saturated carbocycles. The molecule has 0 bridgehead atoms. The Morgan fingerprint density at radius 3 is 2.15 bits per heavy atom. The molecule has 0 atom stereocenters. The highest BCUT2D eigenvalue weighted by atomic mass is 16.3. The molecule has 4 heteroatoms. The van der Waals surface area contributed by atoms with Crippen LogP contribution in [0.5, 0.6) is 11.5 Å². The van der Waals surface area contributed by atoms with Crippen LogP contribution >= 0.6 is 0 Å². The van der Waals surface area contributed by atoms with Gasteiger partial charge in [0.2, 0.25) is 5.43 Å². The van der Waals surface area contributed by atoms with E-state index in [9.17, 15) is 15.0 Å². The second-order valence-electron chi connectivity index (χ2n) is 7.38. The molecule has 0 aliphatic heterocycles. The van der Waals surface area contributed by atoms with Crippen LogP contribution in [0.3, 0.4) is 0 Å². The van der Waals surface area contributed by atoms with E-state index < -0.39 is 0 Å². The molecular weight excluding hydrogens is 338 g/mol. The topological polar surface area (TPSA) is 73.3 Å². The number of phenolic OH excluding ortho intramolecular Hbond substituents is 2. The molecule has 3 N–H and O–H groups in total. The van der Waals surface area contributed by atoms with E-state index in [0.717, 1.165) is 11.1 Å². The third kappa shape index (κ3) is 3.47. The maximum Gasteiger partial charge on any atom is 0.200 e. The predicted molar refractivity (Wildman–Crippen MR) is 112 cm³/mol. The van der Waals surface area contributed by atoms with E-state index in [1.165, 1.54) is 0 Å². The largest absolute Gasteiger partial charge is 0.507 e. The number of hydrogen-bond donors (Lipinski definition) is 3. The number of fused-ring (bicyclic) bond motifs is 2. The van der Waals surface area contributed by atoms with Gasteiger partial charge in [-0.2, -0.15) is 0 Å². The van der Waals surface area contributed by atoms with Gasteiger partial charge in [-0.15, -0.1) is 0 Å². The third-order valence-electron chi connectivity index (χ3n) is 4.73. The minimum Gasteiger partial charge on any atom is -0.507 e. The maximum atomic E-state index is 13.1. The average Bonchev–Trinajstić information content (AvgIpc) is 2.61. The van der Waals surface area contributed by atoms with Crippen molar-refractivity contribution in [3.8, 4) is 11.5 Å². The van der Waals surface area contributed by atoms with Gasteiger partial charge in [0.15, 0.2) is 0 Å². The molecule has 2 aromatic carbocycles. The molecule has 0 fully saturated rings. The molecule has 0 aliphatic rings. The average molecular weight is 363 g/mol. The Balaban J connectivity index is 2.46. The van der Waals surface area contributed by atoms with Gasteiger partial charge in [-0.25, -0.2) is 0 Å². The second-order valence-corrected chi connectivity index (χ2v) is 7.38. The summed E-state index contributed by atoms with van der Waals surface area (Å²) in [5.74, 6) is -0.103. The van der Waals surface area contributed by atoms with E-state index in [0.29, 0.717) is 40.4 Å². The number of H-pyrrole nitrogens is 1. The first-order chi connectivity index (χ1) is 12.8. The summed E-state index contributed by atoms with van der Waals surface area (Å²) in [6.45, 7) is 7.89. The van der Waals surface area contributed by atoms with E-state index in [4.69, 9.17) is 0 Å². The minimum absolute atomic E-state index is 0.0425. The van der Waals surface area contributed by atoms with Crippen LogP contribution in [0.1, 0.15) is 38.8 Å². The normalized spacial score (nSPS) is 11.0. The zero-order chi connectivity index (χ0) is 19.7. The lowest BCUT2D eigenvalue weighted by Crippen LogP contribution is -2.08. The first-order valence-corrected chi connectivity index (χ1v) is 9.08. The Hall–Kier alpha value is -3.01. The Morgan fingerprint density at radius 1 is 0.926 bits per heavy atom. The summed E-state index contributed by atoms with van der Waals surface area (Å²) in [5.41, 5.74) is 4.16. The van der Waals surface area contributed by atoms with E-state index in [1.54, 1.807) is 12.1 Å². The monoisotopic (exact) mass is 363 g/mol. The van der Waals surface area contributed by atoms with E-state index in [-0.39, 0.29) is 22.3 Å². The van der Waals surface area contributed by atoms with Gasteiger partial charge >= 0.3 is 0 Å². The van der Waals surface area contributed by atoms with Crippen LogP contribution in [0.2, 0.25) is 0 Å². The maximum absolute atomic E-state index is 13.1. The van der Waals surface area contributed by atoms with Gasteiger partial charge in [-0.3, -0.25) is 4.79 Å². The van der Waals surface area contributed by atoms with Gasteiger partial charge in [0.05, 0.1) is 10.9 Å². The number of aromatic nitrogens is 1. The van der Waals surface area contributed by atoms with Crippen molar-refractivity contribution in [3.63, 3.8) is 0 Å². The van der Waals surface area contributed by atoms with Crippen LogP contribution in [0, 0.1) is 0 Å². The first-order valence-electron chi connectivity index (χ1n) is 9.08. The van der Waals surface area contributed by atoms with Gasteiger partial charge in [0.25, 0.3) is 0 Å². The van der Waals surface area contributed by atoms with Crippen molar-refractivity contribution in [3.05, 3.63) is 68.9 Å². The molecule has 0 spiro atoms. The van der Waals surface area contributed by atoms with E-state index >= 15 is 0 Å². The lowest BCUT2D eigenvalue weighted by atomic mass is 9.95. The highest BCUT2D eigenvalue weighted by Gasteiger charge is 2.21.